The zero-order chi connectivity index (χ0) is 11.8. The fourth-order valence-corrected chi connectivity index (χ4v) is 2.85. The zero-order valence-corrected chi connectivity index (χ0v) is 16.7. The van der Waals surface area contributed by atoms with Crippen molar-refractivity contribution in [1.29, 1.82) is 0 Å². The Morgan fingerprint density at radius 1 is 0.762 bits per heavy atom. The van der Waals surface area contributed by atoms with Gasteiger partial charge in [0.25, 0.3) is 6.85 Å². The summed E-state index contributed by atoms with van der Waals surface area (Å²) in [7, 11) is 4.31. The van der Waals surface area contributed by atoms with Gasteiger partial charge in [-0.15, -0.1) is 0 Å². The van der Waals surface area contributed by atoms with E-state index in [1.165, 1.54) is 22.1 Å². The number of nitrogens with zero attached hydrogens (tertiary/aromatic N) is 1. The molecule has 0 N–H and O–H groups in total. The van der Waals surface area contributed by atoms with E-state index < -0.39 is 0 Å². The van der Waals surface area contributed by atoms with Crippen molar-refractivity contribution in [2.45, 2.75) is 6.42 Å². The van der Waals surface area contributed by atoms with Crippen LogP contribution in [0.3, 0.4) is 0 Å². The summed E-state index contributed by atoms with van der Waals surface area (Å²) in [4.78, 5) is 2.30. The van der Waals surface area contributed by atoms with Gasteiger partial charge in [0.1, 0.15) is 0 Å². The molecule has 0 saturated carbocycles. The Hall–Kier alpha value is 0.218. The van der Waals surface area contributed by atoms with Gasteiger partial charge in [-0.1, -0.05) is 59.5 Å². The third-order valence-corrected chi connectivity index (χ3v) is 3.60. The number of halogens is 3. The van der Waals surface area contributed by atoms with E-state index >= 15 is 0 Å². The van der Waals surface area contributed by atoms with E-state index in [1.54, 1.807) is 0 Å². The third kappa shape index (κ3) is 4.59. The van der Waals surface area contributed by atoms with Crippen LogP contribution in [0.5, 0.6) is 0 Å². The van der Waals surface area contributed by atoms with Crippen LogP contribution in [0.25, 0.3) is 0 Å². The topological polar surface area (TPSA) is 3.24 Å². The molecule has 0 amide bonds. The molecule has 21 heavy (non-hydrogen) atoms. The first kappa shape index (κ1) is 23.5. The van der Waals surface area contributed by atoms with Gasteiger partial charge >= 0.3 is 26.2 Å². The summed E-state index contributed by atoms with van der Waals surface area (Å²) in [6, 6.07) is 17.6. The van der Waals surface area contributed by atoms with Gasteiger partial charge in [0.05, 0.1) is 0 Å². The Morgan fingerprint density at radius 2 is 1.14 bits per heavy atom. The summed E-state index contributed by atoms with van der Waals surface area (Å²) in [5.74, 6) is 0. The maximum Gasteiger partial charge on any atom is 3.00 e. The van der Waals surface area contributed by atoms with Crippen LogP contribution in [0.4, 0.5) is 0 Å². The quantitative estimate of drug-likeness (QED) is 0.416. The first-order chi connectivity index (χ1) is 8.27. The van der Waals surface area contributed by atoms with Crippen molar-refractivity contribution in [3.05, 3.63) is 59.7 Å². The van der Waals surface area contributed by atoms with Crippen LogP contribution in [0.2, 0.25) is 0 Å². The van der Waals surface area contributed by atoms with Crippen molar-refractivity contribution in [2.24, 2.45) is 0 Å². The maximum absolute atomic E-state index is 2.30. The molecule has 1 nitrogen and oxygen atoms in total. The molecular formula is C15H16BCl3NZr. The van der Waals surface area contributed by atoms with E-state index in [9.17, 15) is 0 Å². The van der Waals surface area contributed by atoms with E-state index in [0.717, 1.165) is 6.42 Å². The summed E-state index contributed by atoms with van der Waals surface area (Å²) in [6.45, 7) is 0.399. The number of fused-ring (bicyclic) bond motifs is 2. The molecule has 0 aromatic heterocycles. The minimum atomic E-state index is 0. The van der Waals surface area contributed by atoms with Gasteiger partial charge in [0, 0.05) is 0 Å². The average Bonchev–Trinajstić information content (AvgIpc) is 2.35. The molecule has 3 rings (SSSR count). The van der Waals surface area contributed by atoms with E-state index in [-0.39, 0.29) is 63.4 Å². The van der Waals surface area contributed by atoms with Gasteiger partial charge in [-0.05, 0) is 31.6 Å². The smallest absolute Gasteiger partial charge is 1.00 e. The van der Waals surface area contributed by atoms with Crippen molar-refractivity contribution < 1.29 is 63.4 Å². The second kappa shape index (κ2) is 10.1. The average molecular weight is 419 g/mol. The van der Waals surface area contributed by atoms with Crippen molar-refractivity contribution >= 4 is 17.8 Å². The van der Waals surface area contributed by atoms with Crippen LogP contribution in [0.15, 0.2) is 48.5 Å². The van der Waals surface area contributed by atoms with E-state index in [1.807, 2.05) is 0 Å². The van der Waals surface area contributed by atoms with Crippen LogP contribution in [0, 0.1) is 0 Å². The molecule has 2 aromatic carbocycles. The second-order valence-electron chi connectivity index (χ2n) is 4.94. The van der Waals surface area contributed by atoms with Crippen LogP contribution >= 0.6 is 0 Å². The number of rotatable bonds is 1. The van der Waals surface area contributed by atoms with Gasteiger partial charge in [0.2, 0.25) is 0 Å². The molecule has 0 bridgehead atoms. The summed E-state index contributed by atoms with van der Waals surface area (Å²) in [5.41, 5.74) is 5.84. The Balaban J connectivity index is 0. The molecule has 0 unspecified atom stereocenters. The van der Waals surface area contributed by atoms with Crippen molar-refractivity contribution in [3.63, 3.8) is 0 Å². The Labute approximate surface area is 165 Å². The minimum Gasteiger partial charge on any atom is -1.00 e. The molecule has 0 atom stereocenters. The number of hydrogen-bond donors (Lipinski definition) is 0. The van der Waals surface area contributed by atoms with E-state index in [4.69, 9.17) is 0 Å². The van der Waals surface area contributed by atoms with Crippen LogP contribution in [-0.4, -0.2) is 25.8 Å². The Morgan fingerprint density at radius 3 is 1.52 bits per heavy atom. The SMILES string of the molecule is CN(C)B1c2ccccc2Cc2ccccc21.[Cl-].[Cl-].[Cl-].[Zr+3]. The molecule has 0 fully saturated rings. The van der Waals surface area contributed by atoms with Gasteiger partial charge in [-0.25, -0.2) is 0 Å². The molecule has 1 heterocycles. The third-order valence-electron chi connectivity index (χ3n) is 3.60. The van der Waals surface area contributed by atoms with Crippen molar-refractivity contribution in [1.82, 2.24) is 4.81 Å². The number of benzene rings is 2. The molecular weight excluding hydrogens is 403 g/mol. The van der Waals surface area contributed by atoms with Gasteiger partial charge in [-0.2, -0.15) is 0 Å². The normalized spacial score (nSPS) is 10.9. The van der Waals surface area contributed by atoms with Gasteiger partial charge < -0.3 is 42.0 Å². The van der Waals surface area contributed by atoms with Crippen LogP contribution < -0.4 is 48.1 Å². The van der Waals surface area contributed by atoms with Gasteiger partial charge in [0.15, 0.2) is 0 Å². The fraction of sp³-hybridized carbons (Fsp3) is 0.200. The summed E-state index contributed by atoms with van der Waals surface area (Å²) in [6.07, 6.45) is 1.07. The van der Waals surface area contributed by atoms with Crippen molar-refractivity contribution in [2.75, 3.05) is 14.1 Å². The number of hydrogen-bond acceptors (Lipinski definition) is 1. The predicted octanol–water partition coefficient (Wildman–Crippen LogP) is -7.73. The molecule has 1 aliphatic rings. The van der Waals surface area contributed by atoms with Gasteiger partial charge in [-0.3, -0.25) is 0 Å². The molecule has 0 aliphatic carbocycles. The Kier molecular flexibility index (Phi) is 11.3. The van der Waals surface area contributed by atoms with Crippen LogP contribution in [-0.2, 0) is 32.6 Å². The summed E-state index contributed by atoms with van der Waals surface area (Å²) in [5, 5.41) is 0. The van der Waals surface area contributed by atoms with E-state index in [0.29, 0.717) is 6.85 Å². The first-order valence-electron chi connectivity index (χ1n) is 6.09. The molecule has 6 heteroatoms. The minimum absolute atomic E-state index is 0. The standard InChI is InChI=1S/C15H16BN.3ClH.Zr/c1-17(2)16-14-9-5-3-7-12(14)11-13-8-4-6-10-15(13)16;;;;/h3-10H,11H2,1-2H3;3*1H;/q;;;;+3/p-3. The maximum atomic E-state index is 2.30. The molecule has 0 saturated heterocycles. The largest absolute Gasteiger partial charge is 3.00 e. The molecule has 109 valence electrons. The Bertz CT molecular complexity index is 521. The van der Waals surface area contributed by atoms with Crippen molar-refractivity contribution in [3.8, 4) is 0 Å². The van der Waals surface area contributed by atoms with E-state index in [2.05, 4.69) is 67.4 Å². The monoisotopic (exact) mass is 416 g/mol. The molecule has 1 radical (unpaired) electrons. The van der Waals surface area contributed by atoms with Crippen LogP contribution in [0.1, 0.15) is 11.1 Å². The fourth-order valence-electron chi connectivity index (χ4n) is 2.85. The summed E-state index contributed by atoms with van der Waals surface area (Å²) < 4.78 is 0. The predicted molar refractivity (Wildman–Crippen MR) is 74.4 cm³/mol. The first-order valence-corrected chi connectivity index (χ1v) is 6.09. The molecule has 2 aromatic rings. The second-order valence-corrected chi connectivity index (χ2v) is 4.94. The summed E-state index contributed by atoms with van der Waals surface area (Å²) >= 11 is 0. The molecule has 1 aliphatic heterocycles. The molecule has 0 spiro atoms. The zero-order valence-electron chi connectivity index (χ0n) is 12.0.